The molecule has 0 aliphatic heterocycles. The fourth-order valence-corrected chi connectivity index (χ4v) is 1.88. The first-order valence-corrected chi connectivity index (χ1v) is 6.44. The van der Waals surface area contributed by atoms with Crippen molar-refractivity contribution in [1.29, 1.82) is 0 Å². The van der Waals surface area contributed by atoms with Crippen molar-refractivity contribution in [2.45, 2.75) is 33.2 Å². The summed E-state index contributed by atoms with van der Waals surface area (Å²) in [6, 6.07) is 4.08. The molecule has 2 rings (SSSR count). The van der Waals surface area contributed by atoms with E-state index < -0.39 is 0 Å². The quantitative estimate of drug-likeness (QED) is 0.866. The number of hydrogen-bond donors (Lipinski definition) is 1. The van der Waals surface area contributed by atoms with Crippen LogP contribution >= 0.6 is 0 Å². The first-order valence-electron chi connectivity index (χ1n) is 6.44. The first kappa shape index (κ1) is 13.4. The van der Waals surface area contributed by atoms with Gasteiger partial charge < -0.3 is 14.5 Å². The van der Waals surface area contributed by atoms with Crippen LogP contribution in [0.1, 0.15) is 25.2 Å². The second-order valence-corrected chi connectivity index (χ2v) is 4.41. The van der Waals surface area contributed by atoms with Crippen molar-refractivity contribution in [2.75, 3.05) is 11.9 Å². The third kappa shape index (κ3) is 3.47. The van der Waals surface area contributed by atoms with E-state index in [1.165, 1.54) is 6.33 Å². The summed E-state index contributed by atoms with van der Waals surface area (Å²) in [5, 5.41) is 3.36. The summed E-state index contributed by atoms with van der Waals surface area (Å²) in [7, 11) is 0. The fourth-order valence-electron chi connectivity index (χ4n) is 1.88. The highest BCUT2D eigenvalue weighted by Gasteiger charge is 2.11. The van der Waals surface area contributed by atoms with Crippen LogP contribution in [0, 0.1) is 6.92 Å². The van der Waals surface area contributed by atoms with Crippen LogP contribution in [0.15, 0.2) is 29.1 Å². The number of rotatable bonds is 6. The van der Waals surface area contributed by atoms with Crippen LogP contribution in [0.5, 0.6) is 5.88 Å². The SMILES string of the molecule is CCOc1ncnc(NC(C)Cc2ccco2)c1C. The van der Waals surface area contributed by atoms with Crippen molar-refractivity contribution in [3.8, 4) is 5.88 Å². The molecule has 2 aromatic rings. The Hall–Kier alpha value is -2.04. The van der Waals surface area contributed by atoms with E-state index in [2.05, 4.69) is 22.2 Å². The lowest BCUT2D eigenvalue weighted by Crippen LogP contribution is -2.19. The number of ether oxygens (including phenoxy) is 1. The van der Waals surface area contributed by atoms with Crippen molar-refractivity contribution in [2.24, 2.45) is 0 Å². The second kappa shape index (κ2) is 6.22. The Morgan fingerprint density at radius 3 is 2.95 bits per heavy atom. The van der Waals surface area contributed by atoms with Gasteiger partial charge in [-0.05, 0) is 32.9 Å². The predicted octanol–water partition coefficient (Wildman–Crippen LogP) is 2.82. The molecular weight excluding hydrogens is 242 g/mol. The Balaban J connectivity index is 2.04. The van der Waals surface area contributed by atoms with Gasteiger partial charge in [0.15, 0.2) is 0 Å². The normalized spacial score (nSPS) is 12.2. The second-order valence-electron chi connectivity index (χ2n) is 4.41. The molecule has 2 aromatic heterocycles. The molecule has 0 aliphatic carbocycles. The molecule has 5 heteroatoms. The van der Waals surface area contributed by atoms with E-state index >= 15 is 0 Å². The van der Waals surface area contributed by atoms with E-state index in [-0.39, 0.29) is 6.04 Å². The zero-order valence-corrected chi connectivity index (χ0v) is 11.5. The topological polar surface area (TPSA) is 60.2 Å². The van der Waals surface area contributed by atoms with Gasteiger partial charge in [-0.3, -0.25) is 0 Å². The zero-order chi connectivity index (χ0) is 13.7. The molecule has 0 aliphatic rings. The number of furan rings is 1. The Kier molecular flexibility index (Phi) is 4.39. The van der Waals surface area contributed by atoms with Crippen LogP contribution in [-0.4, -0.2) is 22.6 Å². The van der Waals surface area contributed by atoms with Gasteiger partial charge in [-0.25, -0.2) is 9.97 Å². The highest BCUT2D eigenvalue weighted by atomic mass is 16.5. The molecule has 2 heterocycles. The van der Waals surface area contributed by atoms with Gasteiger partial charge in [0, 0.05) is 12.5 Å². The highest BCUT2D eigenvalue weighted by Crippen LogP contribution is 2.21. The van der Waals surface area contributed by atoms with Crippen molar-refractivity contribution in [3.63, 3.8) is 0 Å². The number of nitrogens with one attached hydrogen (secondary N) is 1. The predicted molar refractivity (Wildman–Crippen MR) is 73.4 cm³/mol. The van der Waals surface area contributed by atoms with Gasteiger partial charge in [0.05, 0.1) is 18.4 Å². The third-order valence-electron chi connectivity index (χ3n) is 2.79. The largest absolute Gasteiger partial charge is 0.478 e. The summed E-state index contributed by atoms with van der Waals surface area (Å²) in [4.78, 5) is 8.38. The summed E-state index contributed by atoms with van der Waals surface area (Å²) in [6.45, 7) is 6.57. The summed E-state index contributed by atoms with van der Waals surface area (Å²) in [6.07, 6.45) is 4.01. The van der Waals surface area contributed by atoms with Crippen LogP contribution in [0.4, 0.5) is 5.82 Å². The lowest BCUT2D eigenvalue weighted by atomic mass is 10.2. The van der Waals surface area contributed by atoms with Gasteiger partial charge in [0.25, 0.3) is 0 Å². The zero-order valence-electron chi connectivity index (χ0n) is 11.5. The van der Waals surface area contributed by atoms with Crippen LogP contribution in [0.2, 0.25) is 0 Å². The Bertz CT molecular complexity index is 511. The molecule has 19 heavy (non-hydrogen) atoms. The van der Waals surface area contributed by atoms with Gasteiger partial charge in [-0.15, -0.1) is 0 Å². The molecule has 0 saturated heterocycles. The van der Waals surface area contributed by atoms with Crippen LogP contribution in [-0.2, 0) is 6.42 Å². The van der Waals surface area contributed by atoms with E-state index in [9.17, 15) is 0 Å². The van der Waals surface area contributed by atoms with E-state index in [4.69, 9.17) is 9.15 Å². The van der Waals surface area contributed by atoms with Gasteiger partial charge in [0.2, 0.25) is 5.88 Å². The molecule has 5 nitrogen and oxygen atoms in total. The highest BCUT2D eigenvalue weighted by molar-refractivity contribution is 5.48. The monoisotopic (exact) mass is 261 g/mol. The average molecular weight is 261 g/mol. The molecule has 1 unspecified atom stereocenters. The van der Waals surface area contributed by atoms with Crippen LogP contribution in [0.3, 0.4) is 0 Å². The van der Waals surface area contributed by atoms with Crippen LogP contribution in [0.25, 0.3) is 0 Å². The van der Waals surface area contributed by atoms with Crippen molar-refractivity contribution >= 4 is 5.82 Å². The van der Waals surface area contributed by atoms with Crippen molar-refractivity contribution in [1.82, 2.24) is 9.97 Å². The van der Waals surface area contributed by atoms with Gasteiger partial charge in [-0.1, -0.05) is 0 Å². The minimum Gasteiger partial charge on any atom is -0.478 e. The summed E-state index contributed by atoms with van der Waals surface area (Å²) in [5.41, 5.74) is 0.927. The van der Waals surface area contributed by atoms with Gasteiger partial charge >= 0.3 is 0 Å². The standard InChI is InChI=1S/C14H19N3O2/c1-4-18-14-11(3)13(15-9-16-14)17-10(2)8-12-6-5-7-19-12/h5-7,9-10H,4,8H2,1-3H3,(H,15,16,17). The summed E-state index contributed by atoms with van der Waals surface area (Å²) < 4.78 is 10.8. The van der Waals surface area contributed by atoms with E-state index in [0.717, 1.165) is 23.6 Å². The first-order chi connectivity index (χ1) is 9.20. The molecule has 0 aromatic carbocycles. The van der Waals surface area contributed by atoms with Gasteiger partial charge in [0.1, 0.15) is 17.9 Å². The third-order valence-corrected chi connectivity index (χ3v) is 2.79. The lowest BCUT2D eigenvalue weighted by molar-refractivity contribution is 0.324. The fraction of sp³-hybridized carbons (Fsp3) is 0.429. The minimum absolute atomic E-state index is 0.217. The Morgan fingerprint density at radius 1 is 1.42 bits per heavy atom. The molecule has 0 spiro atoms. The maximum Gasteiger partial charge on any atom is 0.221 e. The Labute approximate surface area is 113 Å². The van der Waals surface area contributed by atoms with E-state index in [1.54, 1.807) is 6.26 Å². The van der Waals surface area contributed by atoms with E-state index in [0.29, 0.717) is 12.5 Å². The van der Waals surface area contributed by atoms with E-state index in [1.807, 2.05) is 26.0 Å². The molecule has 0 bridgehead atoms. The molecule has 1 atom stereocenters. The summed E-state index contributed by atoms with van der Waals surface area (Å²) in [5.74, 6) is 2.39. The maximum atomic E-state index is 5.46. The summed E-state index contributed by atoms with van der Waals surface area (Å²) >= 11 is 0. The van der Waals surface area contributed by atoms with Crippen LogP contribution < -0.4 is 10.1 Å². The molecule has 102 valence electrons. The lowest BCUT2D eigenvalue weighted by Gasteiger charge is -2.16. The maximum absolute atomic E-state index is 5.46. The average Bonchev–Trinajstić information content (AvgIpc) is 2.87. The smallest absolute Gasteiger partial charge is 0.221 e. The molecule has 0 saturated carbocycles. The number of nitrogens with zero attached hydrogens (tertiary/aromatic N) is 2. The Morgan fingerprint density at radius 2 is 2.26 bits per heavy atom. The molecule has 1 N–H and O–H groups in total. The minimum atomic E-state index is 0.217. The molecular formula is C14H19N3O2. The van der Waals surface area contributed by atoms with Crippen molar-refractivity contribution < 1.29 is 9.15 Å². The molecule has 0 radical (unpaired) electrons. The van der Waals surface area contributed by atoms with Gasteiger partial charge in [-0.2, -0.15) is 0 Å². The molecule has 0 amide bonds. The number of aromatic nitrogens is 2. The number of anilines is 1. The molecule has 0 fully saturated rings. The van der Waals surface area contributed by atoms with Crippen molar-refractivity contribution in [3.05, 3.63) is 36.0 Å². The number of hydrogen-bond acceptors (Lipinski definition) is 5.